The third-order valence-corrected chi connectivity index (χ3v) is 3.51. The van der Waals surface area contributed by atoms with E-state index in [-0.39, 0.29) is 0 Å². The lowest BCUT2D eigenvalue weighted by Gasteiger charge is -2.10. The number of anilines is 1. The number of hydrogen-bond acceptors (Lipinski definition) is 3. The number of nitrogens with one attached hydrogen (secondary N) is 1. The third kappa shape index (κ3) is 1.95. The Labute approximate surface area is 109 Å². The Morgan fingerprint density at radius 2 is 2.00 bits per heavy atom. The van der Waals surface area contributed by atoms with Crippen LogP contribution in [-0.4, -0.2) is 4.98 Å². The number of hydrazine groups is 1. The van der Waals surface area contributed by atoms with Crippen molar-refractivity contribution >= 4 is 39.8 Å². The van der Waals surface area contributed by atoms with Gasteiger partial charge < -0.3 is 5.43 Å². The summed E-state index contributed by atoms with van der Waals surface area (Å²) in [5, 5.41) is 1.98. The molecule has 0 bridgehead atoms. The first-order valence-electron chi connectivity index (χ1n) is 5.45. The maximum absolute atomic E-state index is 6.17. The molecule has 0 unspecified atom stereocenters. The second kappa shape index (κ2) is 4.02. The molecule has 2 aromatic rings. The molecule has 3 N–H and O–H groups in total. The number of aromatic nitrogens is 1. The van der Waals surface area contributed by atoms with E-state index in [4.69, 9.17) is 29.0 Å². The van der Waals surface area contributed by atoms with E-state index in [9.17, 15) is 0 Å². The summed E-state index contributed by atoms with van der Waals surface area (Å²) in [4.78, 5) is 4.60. The Morgan fingerprint density at radius 1 is 1.24 bits per heavy atom. The monoisotopic (exact) mass is 267 g/mol. The zero-order valence-electron chi connectivity index (χ0n) is 9.00. The van der Waals surface area contributed by atoms with Crippen molar-refractivity contribution in [1.82, 2.24) is 4.98 Å². The van der Waals surface area contributed by atoms with Crippen LogP contribution in [0.3, 0.4) is 0 Å². The summed E-state index contributed by atoms with van der Waals surface area (Å²) < 4.78 is 0. The van der Waals surface area contributed by atoms with Gasteiger partial charge in [0.1, 0.15) is 0 Å². The van der Waals surface area contributed by atoms with Gasteiger partial charge in [-0.1, -0.05) is 23.2 Å². The molecule has 1 saturated carbocycles. The quantitative estimate of drug-likeness (QED) is 0.645. The number of halogens is 2. The first kappa shape index (κ1) is 11.1. The lowest BCUT2D eigenvalue weighted by atomic mass is 10.1. The minimum Gasteiger partial charge on any atom is -0.323 e. The highest BCUT2D eigenvalue weighted by Gasteiger charge is 2.26. The Balaban J connectivity index is 2.31. The molecule has 1 aromatic heterocycles. The minimum atomic E-state index is 0.559. The average Bonchev–Trinajstić information content (AvgIpc) is 3.10. The van der Waals surface area contributed by atoms with Crippen LogP contribution in [0.4, 0.5) is 5.69 Å². The largest absolute Gasteiger partial charge is 0.323 e. The topological polar surface area (TPSA) is 50.9 Å². The van der Waals surface area contributed by atoms with Gasteiger partial charge in [-0.05, 0) is 31.0 Å². The van der Waals surface area contributed by atoms with Crippen LogP contribution in [0.2, 0.25) is 10.0 Å². The van der Waals surface area contributed by atoms with Crippen LogP contribution < -0.4 is 11.3 Å². The number of hydrogen-bond donors (Lipinski definition) is 2. The van der Waals surface area contributed by atoms with E-state index in [1.54, 1.807) is 6.07 Å². The highest BCUT2D eigenvalue weighted by molar-refractivity contribution is 6.39. The van der Waals surface area contributed by atoms with E-state index in [0.29, 0.717) is 16.0 Å². The van der Waals surface area contributed by atoms with Crippen molar-refractivity contribution in [1.29, 1.82) is 0 Å². The Morgan fingerprint density at radius 3 is 2.65 bits per heavy atom. The Bertz CT molecular complexity index is 594. The number of rotatable bonds is 2. The van der Waals surface area contributed by atoms with E-state index in [0.717, 1.165) is 22.3 Å². The molecule has 88 valence electrons. The molecule has 3 nitrogen and oxygen atoms in total. The maximum Gasteiger partial charge on any atom is 0.0756 e. The molecule has 5 heteroatoms. The second-order valence-electron chi connectivity index (χ2n) is 4.30. The standard InChI is InChI=1S/C12H11Cl2N3/c13-7-3-8(14)12-10(4-7)16-9(6-1-2-6)5-11(12)17-15/h3-6H,1-2,15H2,(H,16,17). The zero-order chi connectivity index (χ0) is 12.0. The van der Waals surface area contributed by atoms with E-state index in [1.807, 2.05) is 12.1 Å². The van der Waals surface area contributed by atoms with Crippen LogP contribution in [0.15, 0.2) is 18.2 Å². The molecule has 0 atom stereocenters. The Hall–Kier alpha value is -1.03. The van der Waals surface area contributed by atoms with Crippen molar-refractivity contribution < 1.29 is 0 Å². The summed E-state index contributed by atoms with van der Waals surface area (Å²) >= 11 is 12.2. The molecule has 0 radical (unpaired) electrons. The predicted molar refractivity (Wildman–Crippen MR) is 71.5 cm³/mol. The van der Waals surface area contributed by atoms with Crippen molar-refractivity contribution in [2.45, 2.75) is 18.8 Å². The highest BCUT2D eigenvalue weighted by atomic mass is 35.5. The molecule has 0 saturated heterocycles. The van der Waals surface area contributed by atoms with Crippen molar-refractivity contribution in [3.8, 4) is 0 Å². The van der Waals surface area contributed by atoms with Crippen LogP contribution >= 0.6 is 23.2 Å². The van der Waals surface area contributed by atoms with Gasteiger partial charge in [-0.15, -0.1) is 0 Å². The van der Waals surface area contributed by atoms with Gasteiger partial charge in [0.25, 0.3) is 0 Å². The molecule has 1 aliphatic rings. The van der Waals surface area contributed by atoms with Gasteiger partial charge >= 0.3 is 0 Å². The number of nitrogens with zero attached hydrogens (tertiary/aromatic N) is 1. The molecular weight excluding hydrogens is 257 g/mol. The fraction of sp³-hybridized carbons (Fsp3) is 0.250. The Kier molecular flexibility index (Phi) is 2.62. The summed E-state index contributed by atoms with van der Waals surface area (Å²) in [6.45, 7) is 0. The maximum atomic E-state index is 6.17. The van der Waals surface area contributed by atoms with Gasteiger partial charge in [0.15, 0.2) is 0 Å². The van der Waals surface area contributed by atoms with Crippen molar-refractivity contribution in [3.63, 3.8) is 0 Å². The SMILES string of the molecule is NNc1cc(C2CC2)nc2cc(Cl)cc(Cl)c12. The number of nitrogen functional groups attached to an aromatic ring is 1. The highest BCUT2D eigenvalue weighted by Crippen LogP contribution is 2.42. The summed E-state index contributed by atoms with van der Waals surface area (Å²) in [6.07, 6.45) is 2.38. The van der Waals surface area contributed by atoms with Crippen molar-refractivity contribution in [2.24, 2.45) is 5.84 Å². The van der Waals surface area contributed by atoms with Gasteiger partial charge in [0.2, 0.25) is 0 Å². The summed E-state index contributed by atoms with van der Waals surface area (Å²) in [6, 6.07) is 5.49. The van der Waals surface area contributed by atoms with Crippen LogP contribution in [-0.2, 0) is 0 Å². The second-order valence-corrected chi connectivity index (χ2v) is 5.14. The normalized spacial score (nSPS) is 15.2. The lowest BCUT2D eigenvalue weighted by molar-refractivity contribution is 1.04. The number of pyridine rings is 1. The first-order valence-corrected chi connectivity index (χ1v) is 6.21. The minimum absolute atomic E-state index is 0.559. The molecule has 0 amide bonds. The smallest absolute Gasteiger partial charge is 0.0756 e. The van der Waals surface area contributed by atoms with Crippen LogP contribution in [0, 0.1) is 0 Å². The molecular formula is C12H11Cl2N3. The van der Waals surface area contributed by atoms with E-state index in [1.165, 1.54) is 12.8 Å². The van der Waals surface area contributed by atoms with Gasteiger partial charge in [0, 0.05) is 22.0 Å². The van der Waals surface area contributed by atoms with E-state index < -0.39 is 0 Å². The molecule has 0 aliphatic heterocycles. The zero-order valence-corrected chi connectivity index (χ0v) is 10.5. The van der Waals surface area contributed by atoms with Gasteiger partial charge in [-0.2, -0.15) is 0 Å². The molecule has 1 heterocycles. The van der Waals surface area contributed by atoms with Crippen molar-refractivity contribution in [3.05, 3.63) is 33.9 Å². The first-order chi connectivity index (χ1) is 8.19. The van der Waals surface area contributed by atoms with Crippen LogP contribution in [0.1, 0.15) is 24.5 Å². The molecule has 1 aromatic carbocycles. The number of fused-ring (bicyclic) bond motifs is 1. The molecule has 3 rings (SSSR count). The number of nitrogens with two attached hydrogens (primary N) is 1. The van der Waals surface area contributed by atoms with Gasteiger partial charge in [0.05, 0.1) is 16.2 Å². The van der Waals surface area contributed by atoms with E-state index in [2.05, 4.69) is 10.4 Å². The third-order valence-electron chi connectivity index (χ3n) is 3.00. The van der Waals surface area contributed by atoms with Crippen molar-refractivity contribution in [2.75, 3.05) is 5.43 Å². The molecule has 17 heavy (non-hydrogen) atoms. The molecule has 1 fully saturated rings. The lowest BCUT2D eigenvalue weighted by Crippen LogP contribution is -2.08. The fourth-order valence-electron chi connectivity index (χ4n) is 2.01. The predicted octanol–water partition coefficient (Wildman–Crippen LogP) is 3.70. The summed E-state index contributed by atoms with van der Waals surface area (Å²) in [5.41, 5.74) is 5.34. The van der Waals surface area contributed by atoms with Crippen LogP contribution in [0.25, 0.3) is 10.9 Å². The average molecular weight is 268 g/mol. The summed E-state index contributed by atoms with van der Waals surface area (Å²) in [5.74, 6) is 6.10. The summed E-state index contributed by atoms with van der Waals surface area (Å²) in [7, 11) is 0. The van der Waals surface area contributed by atoms with E-state index >= 15 is 0 Å². The molecule has 0 spiro atoms. The number of benzene rings is 1. The van der Waals surface area contributed by atoms with Gasteiger partial charge in [-0.25, -0.2) is 0 Å². The molecule has 1 aliphatic carbocycles. The fourth-order valence-corrected chi connectivity index (χ4v) is 2.59. The van der Waals surface area contributed by atoms with Crippen LogP contribution in [0.5, 0.6) is 0 Å². The van der Waals surface area contributed by atoms with Gasteiger partial charge in [-0.3, -0.25) is 10.8 Å².